The Morgan fingerprint density at radius 1 is 1.54 bits per heavy atom. The molecule has 1 heterocycles. The van der Waals surface area contributed by atoms with E-state index in [0.29, 0.717) is 0 Å². The van der Waals surface area contributed by atoms with Crippen molar-refractivity contribution in [3.8, 4) is 0 Å². The molecule has 3 atom stereocenters. The molecule has 2 rings (SSSR count). The molecule has 1 aliphatic carbocycles. The van der Waals surface area contributed by atoms with E-state index in [2.05, 4.69) is 4.90 Å². The van der Waals surface area contributed by atoms with Crippen LogP contribution >= 0.6 is 0 Å². The lowest BCUT2D eigenvalue weighted by Gasteiger charge is -2.18. The summed E-state index contributed by atoms with van der Waals surface area (Å²) in [5, 5.41) is 8.70. The molecule has 1 aliphatic heterocycles. The van der Waals surface area contributed by atoms with Crippen LogP contribution in [0.25, 0.3) is 0 Å². The lowest BCUT2D eigenvalue weighted by atomic mass is 10.1. The van der Waals surface area contributed by atoms with E-state index in [-0.39, 0.29) is 5.92 Å². The maximum atomic E-state index is 10.6. The highest BCUT2D eigenvalue weighted by molar-refractivity contribution is 5.69. The number of nitrogens with zero attached hydrogens (tertiary/aromatic N) is 1. The topological polar surface area (TPSA) is 40.5 Å². The Labute approximate surface area is 78.7 Å². The smallest absolute Gasteiger partial charge is 0.306 e. The molecule has 0 aromatic carbocycles. The molecule has 0 aromatic rings. The largest absolute Gasteiger partial charge is 0.481 e. The molecule has 2 fully saturated rings. The number of piperidine rings is 1. The molecule has 0 aromatic heterocycles. The van der Waals surface area contributed by atoms with E-state index in [1.807, 2.05) is 0 Å². The molecule has 0 amide bonds. The minimum absolute atomic E-state index is 0.183. The highest BCUT2D eigenvalue weighted by Gasteiger charge is 2.44. The van der Waals surface area contributed by atoms with Crippen molar-refractivity contribution in [3.05, 3.63) is 0 Å². The first-order chi connectivity index (χ1) is 6.16. The summed E-state index contributed by atoms with van der Waals surface area (Å²) in [5.74, 6) is 1.07. The molecule has 2 aliphatic rings. The molecule has 3 unspecified atom stereocenters. The van der Waals surface area contributed by atoms with E-state index < -0.39 is 5.97 Å². The summed E-state index contributed by atoms with van der Waals surface area (Å²) >= 11 is 0. The zero-order chi connectivity index (χ0) is 9.42. The van der Waals surface area contributed by atoms with Gasteiger partial charge in [0, 0.05) is 13.1 Å². The van der Waals surface area contributed by atoms with E-state index in [4.69, 9.17) is 5.11 Å². The van der Waals surface area contributed by atoms with E-state index in [0.717, 1.165) is 24.8 Å². The summed E-state index contributed by atoms with van der Waals surface area (Å²) in [6.45, 7) is 5.20. The van der Waals surface area contributed by atoms with Gasteiger partial charge in [-0.3, -0.25) is 4.79 Å². The van der Waals surface area contributed by atoms with Gasteiger partial charge < -0.3 is 10.0 Å². The van der Waals surface area contributed by atoms with Gasteiger partial charge in [-0.15, -0.1) is 0 Å². The number of likely N-dealkylation sites (tertiary alicyclic amines) is 1. The number of carbonyl (C=O) groups is 1. The first-order valence-electron chi connectivity index (χ1n) is 5.12. The van der Waals surface area contributed by atoms with Crippen LogP contribution in [-0.4, -0.2) is 35.6 Å². The number of hydrogen-bond acceptors (Lipinski definition) is 2. The monoisotopic (exact) mass is 183 g/mol. The predicted octanol–water partition coefficient (Wildman–Crippen LogP) is 1.05. The van der Waals surface area contributed by atoms with Gasteiger partial charge >= 0.3 is 5.97 Å². The summed E-state index contributed by atoms with van der Waals surface area (Å²) in [6, 6.07) is 0. The quantitative estimate of drug-likeness (QED) is 0.708. The third-order valence-electron chi connectivity index (χ3n) is 3.35. The lowest BCUT2D eigenvalue weighted by molar-refractivity contribution is -0.141. The lowest BCUT2D eigenvalue weighted by Crippen LogP contribution is -2.26. The molecular formula is C10H17NO2. The summed E-state index contributed by atoms with van der Waals surface area (Å²) in [5.41, 5.74) is 0. The Kier molecular flexibility index (Phi) is 2.28. The van der Waals surface area contributed by atoms with Crippen molar-refractivity contribution in [1.29, 1.82) is 0 Å². The Hall–Kier alpha value is -0.570. The average Bonchev–Trinajstić information content (AvgIpc) is 2.70. The second-order valence-corrected chi connectivity index (χ2v) is 4.54. The fourth-order valence-electron chi connectivity index (χ4n) is 2.18. The molecule has 1 N–H and O–H groups in total. The van der Waals surface area contributed by atoms with Gasteiger partial charge in [0.15, 0.2) is 0 Å². The minimum Gasteiger partial charge on any atom is -0.481 e. The standard InChI is InChI=1S/C10H17NO2/c1-7(10(12)13)2-3-11-5-8-4-9(8)6-11/h7-9H,2-6H2,1H3,(H,12,13). The molecule has 1 saturated carbocycles. The Bertz CT molecular complexity index is 207. The zero-order valence-electron chi connectivity index (χ0n) is 8.07. The van der Waals surface area contributed by atoms with E-state index in [1.54, 1.807) is 6.92 Å². The summed E-state index contributed by atoms with van der Waals surface area (Å²) in [6.07, 6.45) is 2.22. The van der Waals surface area contributed by atoms with Crippen LogP contribution in [0.4, 0.5) is 0 Å². The van der Waals surface area contributed by atoms with Crippen molar-refractivity contribution in [1.82, 2.24) is 4.90 Å². The first kappa shape index (κ1) is 9.00. The highest BCUT2D eigenvalue weighted by atomic mass is 16.4. The Morgan fingerprint density at radius 3 is 2.69 bits per heavy atom. The van der Waals surface area contributed by atoms with Crippen molar-refractivity contribution in [2.24, 2.45) is 17.8 Å². The zero-order valence-corrected chi connectivity index (χ0v) is 8.07. The second kappa shape index (κ2) is 3.29. The van der Waals surface area contributed by atoms with Crippen LogP contribution in [-0.2, 0) is 4.79 Å². The van der Waals surface area contributed by atoms with Crippen molar-refractivity contribution in [2.45, 2.75) is 19.8 Å². The van der Waals surface area contributed by atoms with Gasteiger partial charge in [-0.2, -0.15) is 0 Å². The molecule has 74 valence electrons. The van der Waals surface area contributed by atoms with Crippen LogP contribution in [0.1, 0.15) is 19.8 Å². The van der Waals surface area contributed by atoms with E-state index in [1.165, 1.54) is 19.5 Å². The number of carboxylic acid groups (broad SMARTS) is 1. The average molecular weight is 183 g/mol. The van der Waals surface area contributed by atoms with Crippen LogP contribution in [0.3, 0.4) is 0 Å². The molecule has 0 radical (unpaired) electrons. The van der Waals surface area contributed by atoms with Crippen LogP contribution in [0, 0.1) is 17.8 Å². The summed E-state index contributed by atoms with van der Waals surface area (Å²) in [7, 11) is 0. The molecule has 13 heavy (non-hydrogen) atoms. The Balaban J connectivity index is 1.65. The Morgan fingerprint density at radius 2 is 2.15 bits per heavy atom. The van der Waals surface area contributed by atoms with Crippen LogP contribution in [0.15, 0.2) is 0 Å². The molecule has 0 bridgehead atoms. The van der Waals surface area contributed by atoms with Gasteiger partial charge in [-0.05, 0) is 31.2 Å². The van der Waals surface area contributed by atoms with Gasteiger partial charge in [-0.1, -0.05) is 6.92 Å². The number of hydrogen-bond donors (Lipinski definition) is 1. The van der Waals surface area contributed by atoms with Gasteiger partial charge in [0.2, 0.25) is 0 Å². The van der Waals surface area contributed by atoms with Gasteiger partial charge in [0.05, 0.1) is 5.92 Å². The summed E-state index contributed by atoms with van der Waals surface area (Å²) in [4.78, 5) is 13.0. The molecule has 0 spiro atoms. The molecule has 3 heteroatoms. The number of aliphatic carboxylic acids is 1. The van der Waals surface area contributed by atoms with Crippen molar-refractivity contribution >= 4 is 5.97 Å². The minimum atomic E-state index is -0.663. The van der Waals surface area contributed by atoms with Crippen LogP contribution < -0.4 is 0 Å². The predicted molar refractivity (Wildman–Crippen MR) is 49.5 cm³/mol. The van der Waals surface area contributed by atoms with Gasteiger partial charge in [-0.25, -0.2) is 0 Å². The third kappa shape index (κ3) is 2.02. The molecule has 3 nitrogen and oxygen atoms in total. The number of fused-ring (bicyclic) bond motifs is 1. The van der Waals surface area contributed by atoms with Crippen LogP contribution in [0.5, 0.6) is 0 Å². The van der Waals surface area contributed by atoms with Crippen LogP contribution in [0.2, 0.25) is 0 Å². The maximum Gasteiger partial charge on any atom is 0.306 e. The number of rotatable bonds is 4. The fourth-order valence-corrected chi connectivity index (χ4v) is 2.18. The van der Waals surface area contributed by atoms with E-state index >= 15 is 0 Å². The van der Waals surface area contributed by atoms with Gasteiger partial charge in [0.1, 0.15) is 0 Å². The second-order valence-electron chi connectivity index (χ2n) is 4.54. The molecule has 1 saturated heterocycles. The van der Waals surface area contributed by atoms with Gasteiger partial charge in [0.25, 0.3) is 0 Å². The fraction of sp³-hybridized carbons (Fsp3) is 0.900. The maximum absolute atomic E-state index is 10.6. The molecular weight excluding hydrogens is 166 g/mol. The highest BCUT2D eigenvalue weighted by Crippen LogP contribution is 2.44. The third-order valence-corrected chi connectivity index (χ3v) is 3.35. The normalized spacial score (nSPS) is 34.2. The van der Waals surface area contributed by atoms with Crippen molar-refractivity contribution < 1.29 is 9.90 Å². The summed E-state index contributed by atoms with van der Waals surface area (Å²) < 4.78 is 0. The van der Waals surface area contributed by atoms with E-state index in [9.17, 15) is 4.79 Å². The van der Waals surface area contributed by atoms with Crippen molar-refractivity contribution in [3.63, 3.8) is 0 Å². The first-order valence-corrected chi connectivity index (χ1v) is 5.12. The van der Waals surface area contributed by atoms with Crippen molar-refractivity contribution in [2.75, 3.05) is 19.6 Å². The number of carboxylic acids is 1. The SMILES string of the molecule is CC(CCN1CC2CC2C1)C(=O)O.